The zero-order valence-corrected chi connectivity index (χ0v) is 11.1. The second-order valence-electron chi connectivity index (χ2n) is 4.36. The highest BCUT2D eigenvalue weighted by atomic mass is 79.9. The van der Waals surface area contributed by atoms with Gasteiger partial charge in [-0.2, -0.15) is 4.98 Å². The zero-order chi connectivity index (χ0) is 12.5. The molecule has 2 atom stereocenters. The number of hydrogen-bond acceptors (Lipinski definition) is 6. The van der Waals surface area contributed by atoms with Crippen molar-refractivity contribution in [2.24, 2.45) is 0 Å². The zero-order valence-electron chi connectivity index (χ0n) is 9.56. The van der Waals surface area contributed by atoms with Crippen LogP contribution >= 0.6 is 15.9 Å². The van der Waals surface area contributed by atoms with E-state index in [1.807, 2.05) is 12.1 Å². The number of fused-ring (bicyclic) bond motifs is 1. The standard InChI is InChI=1S/C11H13BrN4O2/c12-9-2-1-8-10(15-9)16-11(18-8)14-6-3-7(17)5-13-4-6/h1-2,6-7,13,17H,3-5H2,(H,14,15,16). The van der Waals surface area contributed by atoms with Crippen molar-refractivity contribution in [1.82, 2.24) is 15.3 Å². The van der Waals surface area contributed by atoms with Gasteiger partial charge in [0.25, 0.3) is 6.01 Å². The van der Waals surface area contributed by atoms with Crippen molar-refractivity contribution in [3.05, 3.63) is 16.7 Å². The van der Waals surface area contributed by atoms with Gasteiger partial charge in [-0.1, -0.05) is 0 Å². The summed E-state index contributed by atoms with van der Waals surface area (Å²) in [7, 11) is 0. The van der Waals surface area contributed by atoms with Gasteiger partial charge in [-0.25, -0.2) is 4.98 Å². The highest BCUT2D eigenvalue weighted by Gasteiger charge is 2.21. The normalized spacial score (nSPS) is 24.3. The topological polar surface area (TPSA) is 83.2 Å². The van der Waals surface area contributed by atoms with E-state index in [9.17, 15) is 5.11 Å². The summed E-state index contributed by atoms with van der Waals surface area (Å²) < 4.78 is 6.27. The number of piperidine rings is 1. The Balaban J connectivity index is 1.78. The van der Waals surface area contributed by atoms with Crippen LogP contribution in [-0.2, 0) is 0 Å². The molecule has 3 rings (SSSR count). The monoisotopic (exact) mass is 312 g/mol. The summed E-state index contributed by atoms with van der Waals surface area (Å²) in [4.78, 5) is 8.48. The van der Waals surface area contributed by atoms with Gasteiger partial charge in [0.15, 0.2) is 5.58 Å². The van der Waals surface area contributed by atoms with Crippen molar-refractivity contribution < 1.29 is 9.52 Å². The lowest BCUT2D eigenvalue weighted by molar-refractivity contribution is 0.136. The number of aliphatic hydroxyl groups excluding tert-OH is 1. The molecule has 2 unspecified atom stereocenters. The van der Waals surface area contributed by atoms with E-state index in [1.54, 1.807) is 0 Å². The van der Waals surface area contributed by atoms with E-state index in [-0.39, 0.29) is 12.1 Å². The Hall–Kier alpha value is -1.18. The Labute approximate surface area is 112 Å². The molecule has 2 aromatic heterocycles. The lowest BCUT2D eigenvalue weighted by Gasteiger charge is -2.26. The number of aliphatic hydroxyl groups is 1. The Morgan fingerprint density at radius 2 is 2.28 bits per heavy atom. The van der Waals surface area contributed by atoms with Crippen LogP contribution in [0.4, 0.5) is 6.01 Å². The number of aromatic nitrogens is 2. The largest absolute Gasteiger partial charge is 0.422 e. The summed E-state index contributed by atoms with van der Waals surface area (Å²) in [5.74, 6) is 0. The molecule has 96 valence electrons. The maximum Gasteiger partial charge on any atom is 0.297 e. The van der Waals surface area contributed by atoms with Gasteiger partial charge in [0, 0.05) is 19.1 Å². The van der Waals surface area contributed by atoms with Crippen LogP contribution in [0, 0.1) is 0 Å². The van der Waals surface area contributed by atoms with Gasteiger partial charge >= 0.3 is 0 Å². The van der Waals surface area contributed by atoms with Crippen LogP contribution in [-0.4, -0.2) is 40.3 Å². The van der Waals surface area contributed by atoms with Gasteiger partial charge in [-0.05, 0) is 34.5 Å². The summed E-state index contributed by atoms with van der Waals surface area (Å²) in [5, 5.41) is 15.9. The first-order valence-electron chi connectivity index (χ1n) is 5.79. The highest BCUT2D eigenvalue weighted by molar-refractivity contribution is 9.10. The third-order valence-corrected chi connectivity index (χ3v) is 3.32. The maximum absolute atomic E-state index is 9.56. The smallest absolute Gasteiger partial charge is 0.297 e. The highest BCUT2D eigenvalue weighted by Crippen LogP contribution is 2.20. The van der Waals surface area contributed by atoms with Crippen LogP contribution in [0.5, 0.6) is 0 Å². The van der Waals surface area contributed by atoms with E-state index in [0.29, 0.717) is 30.2 Å². The molecule has 0 aliphatic carbocycles. The van der Waals surface area contributed by atoms with Crippen LogP contribution < -0.4 is 10.6 Å². The Morgan fingerprint density at radius 3 is 3.11 bits per heavy atom. The lowest BCUT2D eigenvalue weighted by Crippen LogP contribution is -2.45. The average molecular weight is 313 g/mol. The Morgan fingerprint density at radius 1 is 1.39 bits per heavy atom. The Bertz CT molecular complexity index is 559. The number of nitrogens with zero attached hydrogens (tertiary/aromatic N) is 2. The number of anilines is 1. The van der Waals surface area contributed by atoms with Crippen molar-refractivity contribution in [3.63, 3.8) is 0 Å². The fourth-order valence-electron chi connectivity index (χ4n) is 2.06. The van der Waals surface area contributed by atoms with Crippen molar-refractivity contribution in [2.75, 3.05) is 18.4 Å². The van der Waals surface area contributed by atoms with E-state index in [4.69, 9.17) is 4.42 Å². The van der Waals surface area contributed by atoms with E-state index in [0.717, 1.165) is 11.1 Å². The van der Waals surface area contributed by atoms with Crippen LogP contribution in [0.1, 0.15) is 6.42 Å². The van der Waals surface area contributed by atoms with E-state index in [2.05, 4.69) is 36.5 Å². The number of pyridine rings is 1. The van der Waals surface area contributed by atoms with Crippen molar-refractivity contribution >= 4 is 33.2 Å². The number of halogens is 1. The number of oxazole rings is 1. The molecule has 1 aliphatic rings. The second-order valence-corrected chi connectivity index (χ2v) is 5.18. The first-order chi connectivity index (χ1) is 8.70. The van der Waals surface area contributed by atoms with Crippen molar-refractivity contribution in [3.8, 4) is 0 Å². The van der Waals surface area contributed by atoms with Crippen molar-refractivity contribution in [2.45, 2.75) is 18.6 Å². The van der Waals surface area contributed by atoms with Crippen molar-refractivity contribution in [1.29, 1.82) is 0 Å². The molecule has 0 amide bonds. The minimum Gasteiger partial charge on any atom is -0.422 e. The van der Waals surface area contributed by atoms with E-state index in [1.165, 1.54) is 0 Å². The number of β-amino-alcohol motifs (C(OH)–C–C–N with tert-alkyl or cyclic N) is 1. The summed E-state index contributed by atoms with van der Waals surface area (Å²) in [6, 6.07) is 4.18. The molecule has 0 saturated carbocycles. The predicted octanol–water partition coefficient (Wildman–Crippen LogP) is 1.12. The molecule has 1 saturated heterocycles. The number of nitrogens with one attached hydrogen (secondary N) is 2. The van der Waals surface area contributed by atoms with Gasteiger partial charge < -0.3 is 20.2 Å². The third kappa shape index (κ3) is 2.47. The quantitative estimate of drug-likeness (QED) is 0.721. The van der Waals surface area contributed by atoms with Gasteiger partial charge in [-0.15, -0.1) is 0 Å². The molecular formula is C11H13BrN4O2. The summed E-state index contributed by atoms with van der Waals surface area (Å²) >= 11 is 3.29. The molecule has 0 radical (unpaired) electrons. The molecule has 3 N–H and O–H groups in total. The molecule has 1 fully saturated rings. The van der Waals surface area contributed by atoms with E-state index >= 15 is 0 Å². The molecule has 1 aliphatic heterocycles. The molecule has 0 bridgehead atoms. The predicted molar refractivity (Wildman–Crippen MR) is 70.4 cm³/mol. The second kappa shape index (κ2) is 4.83. The first kappa shape index (κ1) is 11.9. The fraction of sp³-hybridized carbons (Fsp3) is 0.455. The molecule has 0 aromatic carbocycles. The molecule has 18 heavy (non-hydrogen) atoms. The van der Waals surface area contributed by atoms with Gasteiger partial charge in [0.05, 0.1) is 6.10 Å². The number of rotatable bonds is 2. The van der Waals surface area contributed by atoms with Gasteiger partial charge in [0.1, 0.15) is 4.60 Å². The molecular weight excluding hydrogens is 300 g/mol. The fourth-order valence-corrected chi connectivity index (χ4v) is 2.36. The minimum absolute atomic E-state index is 0.116. The molecule has 3 heterocycles. The van der Waals surface area contributed by atoms with E-state index < -0.39 is 0 Å². The van der Waals surface area contributed by atoms with Crippen LogP contribution in [0.25, 0.3) is 11.2 Å². The Kier molecular flexibility index (Phi) is 3.19. The SMILES string of the molecule is OC1CNCC(Nc2nc3nc(Br)ccc3o2)C1. The van der Waals surface area contributed by atoms with Gasteiger partial charge in [0.2, 0.25) is 5.65 Å². The van der Waals surface area contributed by atoms with Crippen LogP contribution in [0.15, 0.2) is 21.2 Å². The van der Waals surface area contributed by atoms with Crippen LogP contribution in [0.3, 0.4) is 0 Å². The minimum atomic E-state index is -0.326. The van der Waals surface area contributed by atoms with Gasteiger partial charge in [-0.3, -0.25) is 0 Å². The lowest BCUT2D eigenvalue weighted by atomic mass is 10.1. The summed E-state index contributed by atoms with van der Waals surface area (Å²) in [5.41, 5.74) is 1.21. The number of hydrogen-bond donors (Lipinski definition) is 3. The van der Waals surface area contributed by atoms with Crippen LogP contribution in [0.2, 0.25) is 0 Å². The molecule has 0 spiro atoms. The molecule has 6 nitrogen and oxygen atoms in total. The maximum atomic E-state index is 9.56. The third-order valence-electron chi connectivity index (χ3n) is 2.87. The molecule has 2 aromatic rings. The summed E-state index contributed by atoms with van der Waals surface area (Å²) in [6.45, 7) is 1.42. The molecule has 7 heteroatoms. The summed E-state index contributed by atoms with van der Waals surface area (Å²) in [6.07, 6.45) is 0.357. The first-order valence-corrected chi connectivity index (χ1v) is 6.58. The average Bonchev–Trinajstić information content (AvgIpc) is 2.70.